The molecule has 1 amide bonds. The number of fused-ring (bicyclic) bond motifs is 3. The van der Waals surface area contributed by atoms with Crippen molar-refractivity contribution in [1.82, 2.24) is 5.32 Å². The summed E-state index contributed by atoms with van der Waals surface area (Å²) in [6.45, 7) is 1.27. The van der Waals surface area contributed by atoms with Gasteiger partial charge < -0.3 is 15.0 Å². The van der Waals surface area contributed by atoms with E-state index in [4.69, 9.17) is 4.74 Å². The minimum Gasteiger partial charge on any atom is -0.490 e. The van der Waals surface area contributed by atoms with Crippen molar-refractivity contribution in [3.05, 3.63) is 24.3 Å². The molecule has 2 saturated heterocycles. The van der Waals surface area contributed by atoms with Crippen LogP contribution in [-0.4, -0.2) is 31.1 Å². The van der Waals surface area contributed by atoms with Crippen LogP contribution in [0, 0.1) is 5.92 Å². The molecule has 2 atom stereocenters. The first kappa shape index (κ1) is 13.1. The Bertz CT molecular complexity index is 533. The van der Waals surface area contributed by atoms with Crippen molar-refractivity contribution in [2.75, 3.05) is 18.1 Å². The Kier molecular flexibility index (Phi) is 3.34. The van der Waals surface area contributed by atoms with Gasteiger partial charge in [-0.3, -0.25) is 4.79 Å². The predicted molar refractivity (Wildman–Crippen MR) is 81.6 cm³/mol. The van der Waals surface area contributed by atoms with Crippen LogP contribution in [0.1, 0.15) is 32.1 Å². The van der Waals surface area contributed by atoms with Gasteiger partial charge in [0.2, 0.25) is 5.91 Å². The third-order valence-electron chi connectivity index (χ3n) is 5.06. The molecule has 3 aliphatic heterocycles. The first-order valence-corrected chi connectivity index (χ1v) is 8.08. The van der Waals surface area contributed by atoms with Crippen molar-refractivity contribution < 1.29 is 9.53 Å². The molecule has 4 heteroatoms. The van der Waals surface area contributed by atoms with Crippen LogP contribution in [0.15, 0.2) is 24.3 Å². The molecule has 0 saturated carbocycles. The number of piperidine rings is 1. The Morgan fingerprint density at radius 1 is 1.24 bits per heavy atom. The molecule has 112 valence electrons. The number of carbonyl (C=O) groups is 1. The molecule has 0 radical (unpaired) electrons. The fourth-order valence-electron chi connectivity index (χ4n) is 4.13. The quantitative estimate of drug-likeness (QED) is 0.907. The Labute approximate surface area is 125 Å². The summed E-state index contributed by atoms with van der Waals surface area (Å²) in [5.74, 6) is 1.64. The zero-order chi connectivity index (χ0) is 14.2. The zero-order valence-corrected chi connectivity index (χ0v) is 12.3. The number of amides is 1. The molecule has 2 fully saturated rings. The lowest BCUT2D eigenvalue weighted by atomic mass is 9.89. The second kappa shape index (κ2) is 5.34. The van der Waals surface area contributed by atoms with E-state index in [9.17, 15) is 4.79 Å². The highest BCUT2D eigenvalue weighted by molar-refractivity contribution is 5.95. The van der Waals surface area contributed by atoms with Crippen LogP contribution in [0.25, 0.3) is 0 Å². The minimum absolute atomic E-state index is 0.261. The van der Waals surface area contributed by atoms with Crippen LogP contribution in [0.2, 0.25) is 0 Å². The molecule has 4 nitrogen and oxygen atoms in total. The van der Waals surface area contributed by atoms with E-state index in [2.05, 4.69) is 5.32 Å². The van der Waals surface area contributed by atoms with E-state index >= 15 is 0 Å². The third-order valence-corrected chi connectivity index (χ3v) is 5.06. The van der Waals surface area contributed by atoms with Crippen molar-refractivity contribution in [3.8, 4) is 5.75 Å². The number of anilines is 1. The lowest BCUT2D eigenvalue weighted by molar-refractivity contribution is -0.120. The van der Waals surface area contributed by atoms with E-state index in [1.807, 2.05) is 29.2 Å². The summed E-state index contributed by atoms with van der Waals surface area (Å²) >= 11 is 0. The monoisotopic (exact) mass is 286 g/mol. The van der Waals surface area contributed by atoms with E-state index in [-0.39, 0.29) is 5.91 Å². The highest BCUT2D eigenvalue weighted by Gasteiger charge is 2.35. The van der Waals surface area contributed by atoms with E-state index in [1.165, 1.54) is 12.8 Å². The largest absolute Gasteiger partial charge is 0.490 e. The highest BCUT2D eigenvalue weighted by atomic mass is 16.5. The van der Waals surface area contributed by atoms with Crippen molar-refractivity contribution in [2.24, 2.45) is 5.92 Å². The van der Waals surface area contributed by atoms with E-state index in [0.29, 0.717) is 37.6 Å². The maximum Gasteiger partial charge on any atom is 0.227 e. The highest BCUT2D eigenvalue weighted by Crippen LogP contribution is 2.35. The lowest BCUT2D eigenvalue weighted by Gasteiger charge is -2.33. The second-order valence-electron chi connectivity index (χ2n) is 6.54. The Balaban J connectivity index is 1.46. The average Bonchev–Trinajstić information content (AvgIpc) is 2.85. The molecule has 2 bridgehead atoms. The smallest absolute Gasteiger partial charge is 0.227 e. The molecule has 1 aromatic carbocycles. The predicted octanol–water partition coefficient (Wildman–Crippen LogP) is 2.33. The first-order chi connectivity index (χ1) is 10.3. The van der Waals surface area contributed by atoms with Crippen LogP contribution in [0.5, 0.6) is 5.75 Å². The number of benzene rings is 1. The van der Waals surface area contributed by atoms with Crippen LogP contribution >= 0.6 is 0 Å². The number of hydrogen-bond donors (Lipinski definition) is 1. The summed E-state index contributed by atoms with van der Waals surface area (Å²) in [5.41, 5.74) is 0.936. The number of carbonyl (C=O) groups excluding carboxylic acids is 1. The minimum atomic E-state index is 0.261. The number of nitrogens with one attached hydrogen (secondary N) is 1. The normalized spacial score (nSPS) is 30.7. The molecule has 0 aliphatic carbocycles. The average molecular weight is 286 g/mol. The summed E-state index contributed by atoms with van der Waals surface area (Å²) in [7, 11) is 0. The van der Waals surface area contributed by atoms with Gasteiger partial charge in [-0.2, -0.15) is 0 Å². The summed E-state index contributed by atoms with van der Waals surface area (Å²) in [4.78, 5) is 14.6. The lowest BCUT2D eigenvalue weighted by Crippen LogP contribution is -2.42. The molecule has 2 unspecified atom stereocenters. The molecule has 0 aromatic heterocycles. The van der Waals surface area contributed by atoms with E-state index in [0.717, 1.165) is 24.3 Å². The van der Waals surface area contributed by atoms with Crippen molar-refractivity contribution >= 4 is 11.6 Å². The van der Waals surface area contributed by atoms with Crippen LogP contribution in [0.4, 0.5) is 5.69 Å². The molecule has 4 rings (SSSR count). The number of nitrogens with zero attached hydrogens (tertiary/aromatic N) is 1. The van der Waals surface area contributed by atoms with Gasteiger partial charge in [0.1, 0.15) is 12.4 Å². The fourth-order valence-corrected chi connectivity index (χ4v) is 4.13. The molecule has 3 aliphatic rings. The van der Waals surface area contributed by atoms with Gasteiger partial charge in [0.25, 0.3) is 0 Å². The Morgan fingerprint density at radius 2 is 2.00 bits per heavy atom. The number of hydrogen-bond acceptors (Lipinski definition) is 3. The fraction of sp³-hybridized carbons (Fsp3) is 0.588. The van der Waals surface area contributed by atoms with Crippen LogP contribution in [0.3, 0.4) is 0 Å². The second-order valence-corrected chi connectivity index (χ2v) is 6.54. The van der Waals surface area contributed by atoms with Gasteiger partial charge in [-0.25, -0.2) is 0 Å². The number of para-hydroxylation sites is 2. The number of ether oxygens (including phenoxy) is 1. The molecular formula is C17H22N2O2. The van der Waals surface area contributed by atoms with Crippen molar-refractivity contribution in [2.45, 2.75) is 44.2 Å². The van der Waals surface area contributed by atoms with Gasteiger partial charge in [0.05, 0.1) is 12.2 Å². The SMILES string of the molecule is O=C(CC1CC2CCC(C1)N2)N1CCOc2ccccc21. The maximum atomic E-state index is 12.7. The number of rotatable bonds is 2. The van der Waals surface area contributed by atoms with E-state index < -0.39 is 0 Å². The summed E-state index contributed by atoms with van der Waals surface area (Å²) in [6, 6.07) is 9.16. The van der Waals surface area contributed by atoms with Gasteiger partial charge in [-0.1, -0.05) is 12.1 Å². The van der Waals surface area contributed by atoms with Crippen LogP contribution in [-0.2, 0) is 4.79 Å². The maximum absolute atomic E-state index is 12.7. The zero-order valence-electron chi connectivity index (χ0n) is 12.3. The van der Waals surface area contributed by atoms with Gasteiger partial charge in [-0.15, -0.1) is 0 Å². The van der Waals surface area contributed by atoms with Gasteiger partial charge in [-0.05, 0) is 43.7 Å². The van der Waals surface area contributed by atoms with Gasteiger partial charge >= 0.3 is 0 Å². The molecule has 0 spiro atoms. The third kappa shape index (κ3) is 2.53. The summed E-state index contributed by atoms with van der Waals surface area (Å²) in [5, 5.41) is 3.64. The van der Waals surface area contributed by atoms with Crippen LogP contribution < -0.4 is 15.0 Å². The van der Waals surface area contributed by atoms with E-state index in [1.54, 1.807) is 0 Å². The standard InChI is InChI=1S/C17H22N2O2/c20-17(11-12-9-13-5-6-14(10-12)18-13)19-7-8-21-16-4-2-1-3-15(16)19/h1-4,12-14,18H,5-11H2. The first-order valence-electron chi connectivity index (χ1n) is 8.08. The topological polar surface area (TPSA) is 41.6 Å². The van der Waals surface area contributed by atoms with Crippen molar-refractivity contribution in [1.29, 1.82) is 0 Å². The molecule has 1 N–H and O–H groups in total. The summed E-state index contributed by atoms with van der Waals surface area (Å²) < 4.78 is 5.63. The summed E-state index contributed by atoms with van der Waals surface area (Å²) in [6.07, 6.45) is 5.58. The molecule has 21 heavy (non-hydrogen) atoms. The van der Waals surface area contributed by atoms with Gasteiger partial charge in [0.15, 0.2) is 0 Å². The van der Waals surface area contributed by atoms with Crippen molar-refractivity contribution in [3.63, 3.8) is 0 Å². The Morgan fingerprint density at radius 3 is 2.81 bits per heavy atom. The Hall–Kier alpha value is -1.55. The molecular weight excluding hydrogens is 264 g/mol. The molecule has 3 heterocycles. The molecule has 1 aromatic rings. The van der Waals surface area contributed by atoms with Gasteiger partial charge in [0, 0.05) is 18.5 Å².